The van der Waals surface area contributed by atoms with Crippen LogP contribution < -0.4 is 5.32 Å². The Hall–Kier alpha value is -2.77. The van der Waals surface area contributed by atoms with E-state index in [9.17, 15) is 14.0 Å². The molecule has 1 aliphatic heterocycles. The maximum atomic E-state index is 13.4. The maximum Gasteiger partial charge on any atom is 0.264 e. The van der Waals surface area contributed by atoms with Crippen LogP contribution in [0.4, 0.5) is 10.1 Å². The number of carbonyl (C=O) groups excluding carboxylic acids is 2. The molecule has 0 bridgehead atoms. The Labute approximate surface area is 179 Å². The third-order valence-corrected chi connectivity index (χ3v) is 6.70. The first kappa shape index (κ1) is 20.5. The molecule has 2 amide bonds. The summed E-state index contributed by atoms with van der Waals surface area (Å²) in [6.45, 7) is 6.75. The maximum absolute atomic E-state index is 13.4. The van der Waals surface area contributed by atoms with E-state index in [0.29, 0.717) is 37.6 Å². The van der Waals surface area contributed by atoms with E-state index in [0.717, 1.165) is 26.9 Å². The second kappa shape index (κ2) is 8.53. The van der Waals surface area contributed by atoms with Gasteiger partial charge in [-0.05, 0) is 60.7 Å². The number of rotatable bonds is 4. The molecule has 0 spiro atoms. The molecule has 0 radical (unpaired) electrons. The summed E-state index contributed by atoms with van der Waals surface area (Å²) in [5.41, 5.74) is 3.06. The molecule has 30 heavy (non-hydrogen) atoms. The third-order valence-electron chi connectivity index (χ3n) is 5.59. The lowest BCUT2D eigenvalue weighted by Crippen LogP contribution is -2.50. The molecule has 0 saturated carbocycles. The highest BCUT2D eigenvalue weighted by Gasteiger charge is 2.24. The van der Waals surface area contributed by atoms with Crippen LogP contribution in [0.1, 0.15) is 20.8 Å². The standard InChI is InChI=1S/C23H24FN3O2S/c1-15-4-3-5-19(16(15)2)25-22(28)14-26-8-10-27(11-9-26)23(29)21-13-17-12-18(24)6-7-20(17)30-21/h3-7,12-13H,8-11,14H2,1-2H3,(H,25,28). The van der Waals surface area contributed by atoms with E-state index >= 15 is 0 Å². The van der Waals surface area contributed by atoms with E-state index in [4.69, 9.17) is 0 Å². The number of fused-ring (bicyclic) bond motifs is 1. The minimum absolute atomic E-state index is 0.0314. The molecule has 3 aromatic rings. The monoisotopic (exact) mass is 425 g/mol. The number of carbonyl (C=O) groups is 2. The SMILES string of the molecule is Cc1cccc(NC(=O)CN2CCN(C(=O)c3cc4cc(F)ccc4s3)CC2)c1C. The fraction of sp³-hybridized carbons (Fsp3) is 0.304. The topological polar surface area (TPSA) is 52.7 Å². The summed E-state index contributed by atoms with van der Waals surface area (Å²) in [4.78, 5) is 29.8. The first-order valence-electron chi connectivity index (χ1n) is 9.97. The van der Waals surface area contributed by atoms with Crippen molar-refractivity contribution in [1.29, 1.82) is 0 Å². The normalized spacial score (nSPS) is 14.8. The summed E-state index contributed by atoms with van der Waals surface area (Å²) >= 11 is 1.39. The van der Waals surface area contributed by atoms with E-state index in [1.165, 1.54) is 23.5 Å². The van der Waals surface area contributed by atoms with E-state index in [1.54, 1.807) is 17.0 Å². The van der Waals surface area contributed by atoms with E-state index in [1.807, 2.05) is 32.0 Å². The van der Waals surface area contributed by atoms with Crippen molar-refractivity contribution < 1.29 is 14.0 Å². The minimum atomic E-state index is -0.299. The molecule has 1 fully saturated rings. The third kappa shape index (κ3) is 4.37. The van der Waals surface area contributed by atoms with E-state index in [-0.39, 0.29) is 17.6 Å². The summed E-state index contributed by atoms with van der Waals surface area (Å²) in [5.74, 6) is -0.377. The zero-order valence-electron chi connectivity index (χ0n) is 17.1. The van der Waals surface area contributed by atoms with Crippen LogP contribution >= 0.6 is 11.3 Å². The molecule has 0 aliphatic carbocycles. The molecule has 2 aromatic carbocycles. The Kier molecular flexibility index (Phi) is 5.83. The average molecular weight is 426 g/mol. The Morgan fingerprint density at radius 3 is 2.60 bits per heavy atom. The zero-order valence-corrected chi connectivity index (χ0v) is 17.9. The van der Waals surface area contributed by atoms with Gasteiger partial charge in [0.2, 0.25) is 5.91 Å². The van der Waals surface area contributed by atoms with Crippen molar-refractivity contribution in [2.24, 2.45) is 0 Å². The number of halogens is 1. The summed E-state index contributed by atoms with van der Waals surface area (Å²) in [7, 11) is 0. The lowest BCUT2D eigenvalue weighted by Gasteiger charge is -2.34. The van der Waals surface area contributed by atoms with E-state index in [2.05, 4.69) is 10.2 Å². The molecule has 1 N–H and O–H groups in total. The molecule has 1 aliphatic rings. The van der Waals surface area contributed by atoms with Crippen molar-refractivity contribution in [3.8, 4) is 0 Å². The molecule has 0 atom stereocenters. The van der Waals surface area contributed by atoms with Crippen LogP contribution in [-0.4, -0.2) is 54.3 Å². The Balaban J connectivity index is 1.32. The van der Waals surface area contributed by atoms with Crippen LogP contribution in [-0.2, 0) is 4.79 Å². The molecule has 1 saturated heterocycles. The van der Waals surface area contributed by atoms with Gasteiger partial charge in [-0.15, -0.1) is 11.3 Å². The molecule has 1 aromatic heterocycles. The summed E-state index contributed by atoms with van der Waals surface area (Å²) in [6.07, 6.45) is 0. The molecule has 5 nitrogen and oxygen atoms in total. The highest BCUT2D eigenvalue weighted by Crippen LogP contribution is 2.27. The Morgan fingerprint density at radius 2 is 1.83 bits per heavy atom. The Morgan fingerprint density at radius 1 is 1.07 bits per heavy atom. The van der Waals surface area contributed by atoms with Crippen molar-refractivity contribution in [2.45, 2.75) is 13.8 Å². The predicted molar refractivity (Wildman–Crippen MR) is 119 cm³/mol. The van der Waals surface area contributed by atoms with Gasteiger partial charge in [-0.2, -0.15) is 0 Å². The van der Waals surface area contributed by atoms with Crippen molar-refractivity contribution in [2.75, 3.05) is 38.0 Å². The summed E-state index contributed by atoms with van der Waals surface area (Å²) in [6, 6.07) is 12.2. The van der Waals surface area contributed by atoms with Crippen molar-refractivity contribution in [3.05, 3.63) is 64.3 Å². The van der Waals surface area contributed by atoms with Gasteiger partial charge >= 0.3 is 0 Å². The van der Waals surface area contributed by atoms with Gasteiger partial charge in [0.05, 0.1) is 11.4 Å². The number of nitrogens with zero attached hydrogens (tertiary/aromatic N) is 2. The zero-order chi connectivity index (χ0) is 21.3. The molecule has 4 rings (SSSR count). The lowest BCUT2D eigenvalue weighted by atomic mass is 10.1. The lowest BCUT2D eigenvalue weighted by molar-refractivity contribution is -0.117. The number of benzene rings is 2. The number of aryl methyl sites for hydroxylation is 1. The average Bonchev–Trinajstić information content (AvgIpc) is 3.14. The highest BCUT2D eigenvalue weighted by atomic mass is 32.1. The van der Waals surface area contributed by atoms with Gasteiger partial charge < -0.3 is 10.2 Å². The molecule has 0 unspecified atom stereocenters. The van der Waals surface area contributed by atoms with Gasteiger partial charge in [-0.25, -0.2) is 4.39 Å². The molecule has 156 valence electrons. The molecule has 7 heteroatoms. The van der Waals surface area contributed by atoms with Gasteiger partial charge in [0.1, 0.15) is 5.82 Å². The second-order valence-electron chi connectivity index (χ2n) is 7.66. The van der Waals surface area contributed by atoms with Crippen LogP contribution in [0.15, 0.2) is 42.5 Å². The number of hydrogen-bond acceptors (Lipinski definition) is 4. The van der Waals surface area contributed by atoms with Gasteiger partial charge in [0.25, 0.3) is 5.91 Å². The van der Waals surface area contributed by atoms with Crippen LogP contribution in [0.5, 0.6) is 0 Å². The Bertz CT molecular complexity index is 1100. The van der Waals surface area contributed by atoms with Crippen LogP contribution in [0.3, 0.4) is 0 Å². The van der Waals surface area contributed by atoms with Gasteiger partial charge in [-0.1, -0.05) is 12.1 Å². The first-order chi connectivity index (χ1) is 14.4. The molecule has 2 heterocycles. The van der Waals surface area contributed by atoms with Crippen LogP contribution in [0, 0.1) is 19.7 Å². The van der Waals surface area contributed by atoms with Gasteiger partial charge in [0.15, 0.2) is 0 Å². The van der Waals surface area contributed by atoms with Gasteiger partial charge in [0, 0.05) is 36.6 Å². The first-order valence-corrected chi connectivity index (χ1v) is 10.8. The van der Waals surface area contributed by atoms with Crippen LogP contribution in [0.25, 0.3) is 10.1 Å². The number of amides is 2. The number of anilines is 1. The largest absolute Gasteiger partial charge is 0.335 e. The fourth-order valence-corrected chi connectivity index (χ4v) is 4.67. The molecular weight excluding hydrogens is 401 g/mol. The summed E-state index contributed by atoms with van der Waals surface area (Å²) in [5, 5.41) is 3.74. The summed E-state index contributed by atoms with van der Waals surface area (Å²) < 4.78 is 14.3. The fourth-order valence-electron chi connectivity index (χ4n) is 3.66. The van der Waals surface area contributed by atoms with Crippen LogP contribution in [0.2, 0.25) is 0 Å². The highest BCUT2D eigenvalue weighted by molar-refractivity contribution is 7.20. The quantitative estimate of drug-likeness (QED) is 0.686. The molecular formula is C23H24FN3O2S. The number of thiophene rings is 1. The van der Waals surface area contributed by atoms with Crippen molar-refractivity contribution >= 4 is 38.9 Å². The van der Waals surface area contributed by atoms with Gasteiger partial charge in [-0.3, -0.25) is 14.5 Å². The van der Waals surface area contributed by atoms with E-state index < -0.39 is 0 Å². The van der Waals surface area contributed by atoms with Crippen molar-refractivity contribution in [3.63, 3.8) is 0 Å². The predicted octanol–water partition coefficient (Wildman–Crippen LogP) is 4.05. The minimum Gasteiger partial charge on any atom is -0.335 e. The number of hydrogen-bond donors (Lipinski definition) is 1. The number of piperazine rings is 1. The second-order valence-corrected chi connectivity index (χ2v) is 8.74. The van der Waals surface area contributed by atoms with Crippen molar-refractivity contribution in [1.82, 2.24) is 9.80 Å². The number of nitrogens with one attached hydrogen (secondary N) is 1. The smallest absolute Gasteiger partial charge is 0.264 e.